The summed E-state index contributed by atoms with van der Waals surface area (Å²) in [6.45, 7) is 0. The van der Waals surface area contributed by atoms with Gasteiger partial charge in [-0.15, -0.1) is 0 Å². The molecule has 96 valence electrons. The third-order valence-corrected chi connectivity index (χ3v) is 2.63. The van der Waals surface area contributed by atoms with E-state index in [9.17, 15) is 19.2 Å². The molecule has 0 atom stereocenters. The monoisotopic (exact) mass is 262 g/mol. The first-order valence-corrected chi connectivity index (χ1v) is 5.90. The van der Waals surface area contributed by atoms with Crippen LogP contribution in [0.1, 0.15) is 38.5 Å². The van der Waals surface area contributed by atoms with E-state index in [4.69, 9.17) is 10.2 Å². The molecule has 0 saturated carbocycles. The van der Waals surface area contributed by atoms with Gasteiger partial charge in [0.25, 0.3) is 0 Å². The van der Waals surface area contributed by atoms with Gasteiger partial charge in [0.15, 0.2) is 10.2 Å². The number of carboxylic acids is 2. The third kappa shape index (κ3) is 10.9. The second kappa shape index (κ2) is 8.74. The lowest BCUT2D eigenvalue weighted by Crippen LogP contribution is -2.03. The molecule has 0 saturated heterocycles. The van der Waals surface area contributed by atoms with E-state index in [1.165, 1.54) is 0 Å². The van der Waals surface area contributed by atoms with Crippen LogP contribution in [-0.4, -0.2) is 32.4 Å². The number of thioether (sulfide) groups is 1. The molecule has 0 rings (SSSR count). The number of carboxylic acid groups (broad SMARTS) is 2. The highest BCUT2D eigenvalue weighted by molar-refractivity contribution is 8.26. The largest absolute Gasteiger partial charge is 0.481 e. The third-order valence-electron chi connectivity index (χ3n) is 1.77. The molecule has 0 spiro atoms. The van der Waals surface area contributed by atoms with Crippen molar-refractivity contribution in [3.63, 3.8) is 0 Å². The predicted octanol–water partition coefficient (Wildman–Crippen LogP) is 1.28. The van der Waals surface area contributed by atoms with E-state index in [1.54, 1.807) is 0 Å². The van der Waals surface area contributed by atoms with Crippen LogP contribution in [0.4, 0.5) is 0 Å². The number of aliphatic carboxylic acids is 2. The number of hydrogen-bond acceptors (Lipinski definition) is 5. The Kier molecular flexibility index (Phi) is 8.04. The van der Waals surface area contributed by atoms with Crippen molar-refractivity contribution < 1.29 is 29.4 Å². The minimum Gasteiger partial charge on any atom is -0.481 e. The molecular formula is C10H14O6S. The lowest BCUT2D eigenvalue weighted by atomic mass is 10.2. The first kappa shape index (κ1) is 15.6. The van der Waals surface area contributed by atoms with Crippen molar-refractivity contribution in [2.24, 2.45) is 0 Å². The summed E-state index contributed by atoms with van der Waals surface area (Å²) < 4.78 is 0. The zero-order chi connectivity index (χ0) is 13.3. The SMILES string of the molecule is O=C(O)CCCC(=O)SC(=O)CCCC(=O)O. The number of rotatable bonds is 8. The molecule has 0 fully saturated rings. The van der Waals surface area contributed by atoms with E-state index < -0.39 is 11.9 Å². The number of carbonyl (C=O) groups excluding carboxylic acids is 2. The molecule has 0 unspecified atom stereocenters. The van der Waals surface area contributed by atoms with Crippen molar-refractivity contribution in [1.82, 2.24) is 0 Å². The highest BCUT2D eigenvalue weighted by Gasteiger charge is 2.11. The average Bonchev–Trinajstić information content (AvgIpc) is 2.15. The van der Waals surface area contributed by atoms with Crippen LogP contribution in [0.5, 0.6) is 0 Å². The predicted molar refractivity (Wildman–Crippen MR) is 60.6 cm³/mol. The van der Waals surface area contributed by atoms with Crippen molar-refractivity contribution in [2.45, 2.75) is 38.5 Å². The van der Waals surface area contributed by atoms with E-state index in [1.807, 2.05) is 0 Å². The molecule has 0 radical (unpaired) electrons. The summed E-state index contributed by atoms with van der Waals surface area (Å²) in [5.74, 6) is -1.95. The first-order valence-electron chi connectivity index (χ1n) is 5.09. The van der Waals surface area contributed by atoms with Gasteiger partial charge in [0, 0.05) is 25.7 Å². The molecule has 0 bridgehead atoms. The van der Waals surface area contributed by atoms with Gasteiger partial charge in [-0.2, -0.15) is 0 Å². The number of hydrogen-bond donors (Lipinski definition) is 2. The molecule has 0 aromatic carbocycles. The maximum atomic E-state index is 11.2. The maximum absolute atomic E-state index is 11.2. The van der Waals surface area contributed by atoms with E-state index >= 15 is 0 Å². The molecular weight excluding hydrogens is 248 g/mol. The summed E-state index contributed by atoms with van der Waals surface area (Å²) in [7, 11) is 0. The maximum Gasteiger partial charge on any atom is 0.303 e. The Balaban J connectivity index is 3.62. The van der Waals surface area contributed by atoms with Crippen LogP contribution in [0.25, 0.3) is 0 Å². The van der Waals surface area contributed by atoms with Crippen LogP contribution >= 0.6 is 11.8 Å². The van der Waals surface area contributed by atoms with Crippen LogP contribution in [-0.2, 0) is 19.2 Å². The zero-order valence-corrected chi connectivity index (χ0v) is 9.99. The molecule has 2 N–H and O–H groups in total. The highest BCUT2D eigenvalue weighted by atomic mass is 32.2. The summed E-state index contributed by atoms with van der Waals surface area (Å²) in [6, 6.07) is 0. The molecule has 0 aliphatic carbocycles. The summed E-state index contributed by atoms with van der Waals surface area (Å²) in [6.07, 6.45) is 0.315. The van der Waals surface area contributed by atoms with Crippen LogP contribution in [0.3, 0.4) is 0 Å². The smallest absolute Gasteiger partial charge is 0.303 e. The minimum atomic E-state index is -0.976. The quantitative estimate of drug-likeness (QED) is 0.678. The van der Waals surface area contributed by atoms with Crippen molar-refractivity contribution in [2.75, 3.05) is 0 Å². The summed E-state index contributed by atoms with van der Waals surface area (Å²) in [4.78, 5) is 42.7. The van der Waals surface area contributed by atoms with Gasteiger partial charge in [0.1, 0.15) is 0 Å². The average molecular weight is 262 g/mol. The first-order chi connectivity index (χ1) is 7.91. The van der Waals surface area contributed by atoms with Gasteiger partial charge in [-0.25, -0.2) is 0 Å². The molecule has 7 heteroatoms. The molecule has 0 aliphatic heterocycles. The lowest BCUT2D eigenvalue weighted by Gasteiger charge is -1.98. The van der Waals surface area contributed by atoms with E-state index in [2.05, 4.69) is 0 Å². The molecule has 0 aromatic rings. The molecule has 0 heterocycles. The van der Waals surface area contributed by atoms with Gasteiger partial charge >= 0.3 is 11.9 Å². The Morgan fingerprint density at radius 1 is 0.706 bits per heavy atom. The van der Waals surface area contributed by atoms with Gasteiger partial charge in [-0.3, -0.25) is 19.2 Å². The second-order valence-electron chi connectivity index (χ2n) is 3.34. The molecule has 6 nitrogen and oxygen atoms in total. The van der Waals surface area contributed by atoms with E-state index in [-0.39, 0.29) is 48.8 Å². The van der Waals surface area contributed by atoms with Gasteiger partial charge in [-0.05, 0) is 24.6 Å². The van der Waals surface area contributed by atoms with Crippen LogP contribution < -0.4 is 0 Å². The Bertz CT molecular complexity index is 282. The fourth-order valence-corrected chi connectivity index (χ4v) is 1.74. The minimum absolute atomic E-state index is 0.0433. The Morgan fingerprint density at radius 3 is 1.35 bits per heavy atom. The lowest BCUT2D eigenvalue weighted by molar-refractivity contribution is -0.138. The topological polar surface area (TPSA) is 109 Å². The Morgan fingerprint density at radius 2 is 1.06 bits per heavy atom. The molecule has 17 heavy (non-hydrogen) atoms. The standard InChI is InChI=1S/C10H14O6S/c11-7(12)3-1-5-9(15)17-10(16)6-2-4-8(13)14/h1-6H2,(H,11,12)(H,13,14). The van der Waals surface area contributed by atoms with Crippen LogP contribution in [0.2, 0.25) is 0 Å². The normalized spacial score (nSPS) is 9.88. The van der Waals surface area contributed by atoms with Crippen molar-refractivity contribution >= 4 is 33.9 Å². The van der Waals surface area contributed by atoms with Crippen molar-refractivity contribution in [1.29, 1.82) is 0 Å². The number of carbonyl (C=O) groups is 4. The van der Waals surface area contributed by atoms with Crippen molar-refractivity contribution in [3.05, 3.63) is 0 Å². The van der Waals surface area contributed by atoms with Gasteiger partial charge < -0.3 is 10.2 Å². The fraction of sp³-hybridized carbons (Fsp3) is 0.600. The van der Waals surface area contributed by atoms with Gasteiger partial charge in [0.2, 0.25) is 0 Å². The Hall–Kier alpha value is -1.37. The van der Waals surface area contributed by atoms with E-state index in [0.717, 1.165) is 0 Å². The Labute approximate surface area is 102 Å². The van der Waals surface area contributed by atoms with E-state index in [0.29, 0.717) is 11.8 Å². The highest BCUT2D eigenvalue weighted by Crippen LogP contribution is 2.14. The van der Waals surface area contributed by atoms with Gasteiger partial charge in [0.05, 0.1) is 0 Å². The van der Waals surface area contributed by atoms with Crippen LogP contribution in [0.15, 0.2) is 0 Å². The second-order valence-corrected chi connectivity index (χ2v) is 4.46. The summed E-state index contributed by atoms with van der Waals surface area (Å²) in [5.41, 5.74) is 0. The molecule has 0 aliphatic rings. The zero-order valence-electron chi connectivity index (χ0n) is 9.18. The van der Waals surface area contributed by atoms with Gasteiger partial charge in [-0.1, -0.05) is 0 Å². The van der Waals surface area contributed by atoms with Crippen molar-refractivity contribution in [3.8, 4) is 0 Å². The summed E-state index contributed by atoms with van der Waals surface area (Å²) in [5, 5.41) is 15.9. The van der Waals surface area contributed by atoms with Crippen LogP contribution in [0, 0.1) is 0 Å². The fourth-order valence-electron chi connectivity index (χ4n) is 0.997. The molecule has 0 amide bonds. The summed E-state index contributed by atoms with van der Waals surface area (Å²) >= 11 is 0.539. The molecule has 0 aromatic heterocycles.